The Balaban J connectivity index is 1.48. The Bertz CT molecular complexity index is 1240. The Morgan fingerprint density at radius 1 is 1.19 bits per heavy atom. The summed E-state index contributed by atoms with van der Waals surface area (Å²) in [6.45, 7) is 0. The number of carbonyl (C=O) groups excluding carboxylic acids is 2. The molecule has 0 aliphatic carbocycles. The molecule has 1 fully saturated rings. The number of carbonyl (C=O) groups is 2. The van der Waals surface area contributed by atoms with E-state index in [4.69, 9.17) is 28.9 Å². The molecule has 156 valence electrons. The zero-order valence-corrected chi connectivity index (χ0v) is 18.2. The lowest BCUT2D eigenvalue weighted by molar-refractivity contribution is -0.121. The lowest BCUT2D eigenvalue weighted by Crippen LogP contribution is -2.32. The van der Waals surface area contributed by atoms with E-state index in [0.29, 0.717) is 5.02 Å². The minimum Gasteiger partial charge on any atom is -0.377 e. The van der Waals surface area contributed by atoms with Crippen LogP contribution >= 0.6 is 35.0 Å². The summed E-state index contributed by atoms with van der Waals surface area (Å²) >= 11 is 13.1. The van der Waals surface area contributed by atoms with Gasteiger partial charge in [0.05, 0.1) is 22.4 Å². The lowest BCUT2D eigenvalue weighted by Gasteiger charge is -2.16. The van der Waals surface area contributed by atoms with Crippen LogP contribution in [0.25, 0.3) is 10.9 Å². The number of benzene rings is 2. The van der Waals surface area contributed by atoms with Crippen molar-refractivity contribution in [2.75, 3.05) is 4.90 Å². The van der Waals surface area contributed by atoms with Gasteiger partial charge in [-0.3, -0.25) is 14.6 Å². The van der Waals surface area contributed by atoms with Gasteiger partial charge in [0.25, 0.3) is 0 Å². The number of thioether (sulfide) groups is 1. The van der Waals surface area contributed by atoms with Gasteiger partial charge in [0.15, 0.2) is 5.17 Å². The number of nitrogens with zero attached hydrogens (tertiary/aromatic N) is 4. The van der Waals surface area contributed by atoms with E-state index >= 15 is 0 Å². The predicted molar refractivity (Wildman–Crippen MR) is 126 cm³/mol. The molecule has 0 bridgehead atoms. The highest BCUT2D eigenvalue weighted by atomic mass is 35.5. The quantitative estimate of drug-likeness (QED) is 0.265. The zero-order valence-electron chi connectivity index (χ0n) is 15.9. The number of aromatic nitrogens is 1. The van der Waals surface area contributed by atoms with Gasteiger partial charge in [-0.25, -0.2) is 4.90 Å². The number of anilines is 1. The van der Waals surface area contributed by atoms with Crippen molar-refractivity contribution < 1.29 is 9.59 Å². The van der Waals surface area contributed by atoms with Crippen LogP contribution < -0.4 is 10.6 Å². The van der Waals surface area contributed by atoms with Crippen LogP contribution in [-0.2, 0) is 9.59 Å². The molecule has 0 spiro atoms. The number of amidine groups is 1. The number of nitrogens with two attached hydrogens (primary N) is 1. The number of hydrogen-bond donors (Lipinski definition) is 1. The molecule has 7 nitrogen and oxygen atoms in total. The molecule has 1 aromatic heterocycles. The molecule has 4 rings (SSSR count). The molecule has 1 atom stereocenters. The maximum atomic E-state index is 12.8. The third kappa shape index (κ3) is 4.56. The molecule has 2 amide bonds. The van der Waals surface area contributed by atoms with Crippen LogP contribution in [0.4, 0.5) is 5.69 Å². The summed E-state index contributed by atoms with van der Waals surface area (Å²) in [5, 5.41) is 8.89. The van der Waals surface area contributed by atoms with Gasteiger partial charge in [-0.2, -0.15) is 5.10 Å². The van der Waals surface area contributed by atoms with E-state index in [0.717, 1.165) is 33.1 Å². The summed E-state index contributed by atoms with van der Waals surface area (Å²) in [5.74, 6) is -0.812. The second-order valence-electron chi connectivity index (χ2n) is 6.57. The van der Waals surface area contributed by atoms with Crippen molar-refractivity contribution in [1.29, 1.82) is 0 Å². The second-order valence-corrected chi connectivity index (χ2v) is 8.64. The number of fused-ring (bicyclic) bond motifs is 1. The van der Waals surface area contributed by atoms with Gasteiger partial charge in [-0.05, 0) is 30.3 Å². The maximum absolute atomic E-state index is 12.8. The van der Waals surface area contributed by atoms with Gasteiger partial charge in [0.1, 0.15) is 5.25 Å². The van der Waals surface area contributed by atoms with E-state index in [1.54, 1.807) is 18.5 Å². The fourth-order valence-electron chi connectivity index (χ4n) is 3.15. The van der Waals surface area contributed by atoms with Crippen molar-refractivity contribution in [3.63, 3.8) is 0 Å². The van der Waals surface area contributed by atoms with Crippen molar-refractivity contribution in [3.8, 4) is 0 Å². The monoisotopic (exact) mass is 471 g/mol. The SMILES string of the molecule is NC(=N/N=C\c1ccnc2ccccc12)S[C@@H]1CC(=O)N(c2cc(Cl)ccc2Cl)C1=O. The van der Waals surface area contributed by atoms with Crippen molar-refractivity contribution >= 4 is 74.8 Å². The Kier molecular flexibility index (Phi) is 6.22. The molecule has 0 radical (unpaired) electrons. The number of pyridine rings is 1. The van der Waals surface area contributed by atoms with Crippen LogP contribution in [0.3, 0.4) is 0 Å². The maximum Gasteiger partial charge on any atom is 0.247 e. The zero-order chi connectivity index (χ0) is 22.0. The number of amides is 2. The Hall–Kier alpha value is -2.94. The topological polar surface area (TPSA) is 101 Å². The molecular formula is C21H15Cl2N5O2S. The molecule has 10 heteroatoms. The number of imide groups is 1. The van der Waals surface area contributed by atoms with E-state index in [9.17, 15) is 9.59 Å². The molecule has 1 aliphatic heterocycles. The Labute approximate surface area is 191 Å². The van der Waals surface area contributed by atoms with Crippen LogP contribution in [0.1, 0.15) is 12.0 Å². The molecule has 1 saturated heterocycles. The van der Waals surface area contributed by atoms with E-state index in [1.807, 2.05) is 30.3 Å². The normalized spacial score (nSPS) is 17.3. The number of hydrogen-bond acceptors (Lipinski definition) is 6. The summed E-state index contributed by atoms with van der Waals surface area (Å²) in [4.78, 5) is 30.5. The van der Waals surface area contributed by atoms with Gasteiger partial charge in [0.2, 0.25) is 11.8 Å². The van der Waals surface area contributed by atoms with Crippen LogP contribution in [0, 0.1) is 0 Å². The molecule has 2 heterocycles. The molecular weight excluding hydrogens is 457 g/mol. The first kappa shape index (κ1) is 21.3. The summed E-state index contributed by atoms with van der Waals surface area (Å²) in [6.07, 6.45) is 3.22. The molecule has 31 heavy (non-hydrogen) atoms. The van der Waals surface area contributed by atoms with Crippen molar-refractivity contribution in [2.24, 2.45) is 15.9 Å². The third-order valence-corrected chi connectivity index (χ3v) is 6.08. The first-order valence-electron chi connectivity index (χ1n) is 9.13. The Morgan fingerprint density at radius 2 is 2.00 bits per heavy atom. The molecule has 3 aromatic rings. The first-order valence-corrected chi connectivity index (χ1v) is 10.8. The largest absolute Gasteiger partial charge is 0.377 e. The van der Waals surface area contributed by atoms with Gasteiger partial charge in [0, 0.05) is 28.6 Å². The van der Waals surface area contributed by atoms with Gasteiger partial charge < -0.3 is 5.73 Å². The van der Waals surface area contributed by atoms with E-state index < -0.39 is 11.2 Å². The highest BCUT2D eigenvalue weighted by Crippen LogP contribution is 2.35. The van der Waals surface area contributed by atoms with Crippen LogP contribution in [0.2, 0.25) is 10.0 Å². The standard InChI is InChI=1S/C21H15Cl2N5O2S/c22-13-5-6-15(23)17(9-13)28-19(29)10-18(20(28)30)31-21(24)27-26-11-12-7-8-25-16-4-2-1-3-14(12)16/h1-9,11,18H,10H2,(H2,24,27)/b26-11-/t18-/m1/s1. The average Bonchev–Trinajstić information content (AvgIpc) is 3.03. The lowest BCUT2D eigenvalue weighted by atomic mass is 10.1. The fraction of sp³-hybridized carbons (Fsp3) is 0.0952. The summed E-state index contributed by atoms with van der Waals surface area (Å²) in [7, 11) is 0. The number of para-hydroxylation sites is 1. The molecule has 2 aromatic carbocycles. The molecule has 0 unspecified atom stereocenters. The van der Waals surface area contributed by atoms with Crippen LogP contribution in [0.15, 0.2) is 64.9 Å². The molecule has 1 aliphatic rings. The summed E-state index contributed by atoms with van der Waals surface area (Å²) < 4.78 is 0. The van der Waals surface area contributed by atoms with Gasteiger partial charge in [-0.15, -0.1) is 5.10 Å². The van der Waals surface area contributed by atoms with E-state index in [2.05, 4.69) is 15.2 Å². The van der Waals surface area contributed by atoms with Crippen LogP contribution in [-0.4, -0.2) is 33.4 Å². The molecule has 2 N–H and O–H groups in total. The minimum absolute atomic E-state index is 0.0265. The van der Waals surface area contributed by atoms with Crippen LogP contribution in [0.5, 0.6) is 0 Å². The third-order valence-electron chi connectivity index (χ3n) is 4.55. The van der Waals surface area contributed by atoms with Gasteiger partial charge >= 0.3 is 0 Å². The minimum atomic E-state index is -0.719. The number of rotatable bonds is 4. The predicted octanol–water partition coefficient (Wildman–Crippen LogP) is 4.26. The highest BCUT2D eigenvalue weighted by molar-refractivity contribution is 8.14. The number of halogens is 2. The van der Waals surface area contributed by atoms with Crippen molar-refractivity contribution in [2.45, 2.75) is 11.7 Å². The smallest absolute Gasteiger partial charge is 0.247 e. The van der Waals surface area contributed by atoms with E-state index in [-0.39, 0.29) is 28.2 Å². The van der Waals surface area contributed by atoms with Crippen molar-refractivity contribution in [1.82, 2.24) is 4.98 Å². The van der Waals surface area contributed by atoms with E-state index in [1.165, 1.54) is 12.1 Å². The summed E-state index contributed by atoms with van der Waals surface area (Å²) in [6, 6.07) is 14.1. The molecule has 0 saturated carbocycles. The Morgan fingerprint density at radius 3 is 2.84 bits per heavy atom. The fourth-order valence-corrected chi connectivity index (χ4v) is 4.34. The highest BCUT2D eigenvalue weighted by Gasteiger charge is 2.41. The van der Waals surface area contributed by atoms with Crippen molar-refractivity contribution in [3.05, 3.63) is 70.3 Å². The first-order chi connectivity index (χ1) is 14.9. The summed E-state index contributed by atoms with van der Waals surface area (Å²) in [5.41, 5.74) is 7.86. The van der Waals surface area contributed by atoms with Gasteiger partial charge in [-0.1, -0.05) is 53.2 Å². The average molecular weight is 472 g/mol. The second kappa shape index (κ2) is 9.05.